The molecule has 0 aliphatic heterocycles. The average molecular weight is 313 g/mol. The van der Waals surface area contributed by atoms with Gasteiger partial charge in [0.1, 0.15) is 5.75 Å². The lowest BCUT2D eigenvalue weighted by Crippen LogP contribution is -2.25. The third-order valence-electron chi connectivity index (χ3n) is 2.57. The summed E-state index contributed by atoms with van der Waals surface area (Å²) in [6.07, 6.45) is 0. The second-order valence-electron chi connectivity index (χ2n) is 3.69. The third kappa shape index (κ3) is 2.45. The van der Waals surface area contributed by atoms with Gasteiger partial charge in [-0.3, -0.25) is 0 Å². The first-order chi connectivity index (χ1) is 8.65. The summed E-state index contributed by atoms with van der Waals surface area (Å²) in [7, 11) is 1.59. The Balaban J connectivity index is 2.34. The molecule has 0 unspecified atom stereocenters. The summed E-state index contributed by atoms with van der Waals surface area (Å²) < 4.78 is 8.82. The van der Waals surface area contributed by atoms with Crippen LogP contribution in [0.2, 0.25) is 0 Å². The van der Waals surface area contributed by atoms with Gasteiger partial charge in [-0.05, 0) is 29.5 Å². The van der Waals surface area contributed by atoms with Crippen molar-refractivity contribution in [3.63, 3.8) is 0 Å². The predicted octanol–water partition coefficient (Wildman–Crippen LogP) is 1.28. The molecule has 1 heterocycles. The van der Waals surface area contributed by atoms with Gasteiger partial charge in [0.15, 0.2) is 0 Å². The molecular weight excluding hydrogens is 300 g/mol. The van der Waals surface area contributed by atoms with Crippen molar-refractivity contribution in [3.8, 4) is 5.75 Å². The molecule has 1 aromatic heterocycles. The molecule has 0 amide bonds. The first-order valence-corrected chi connectivity index (χ1v) is 6.28. The topological polar surface area (TPSA) is 61.9 Å². The Kier molecular flexibility index (Phi) is 3.81. The van der Waals surface area contributed by atoms with Gasteiger partial charge in [0.05, 0.1) is 13.7 Å². The van der Waals surface area contributed by atoms with Crippen molar-refractivity contribution >= 4 is 15.9 Å². The highest BCUT2D eigenvalue weighted by molar-refractivity contribution is 9.10. The Labute approximate surface area is 112 Å². The van der Waals surface area contributed by atoms with E-state index in [0.717, 1.165) is 10.0 Å². The number of aromatic nitrogens is 4. The minimum absolute atomic E-state index is 0.220. The first kappa shape index (κ1) is 12.8. The van der Waals surface area contributed by atoms with Crippen LogP contribution in [0.5, 0.6) is 5.75 Å². The molecule has 2 rings (SSSR count). The van der Waals surface area contributed by atoms with E-state index in [-0.39, 0.29) is 5.69 Å². The molecule has 0 aliphatic rings. The molecule has 0 radical (unpaired) electrons. The van der Waals surface area contributed by atoms with Crippen molar-refractivity contribution in [1.82, 2.24) is 19.8 Å². The van der Waals surface area contributed by atoms with Gasteiger partial charge in [0, 0.05) is 16.6 Å². The maximum Gasteiger partial charge on any atom is 0.363 e. The summed E-state index contributed by atoms with van der Waals surface area (Å²) in [6.45, 7) is 2.70. The zero-order chi connectivity index (χ0) is 13.1. The quantitative estimate of drug-likeness (QED) is 0.853. The van der Waals surface area contributed by atoms with Gasteiger partial charge < -0.3 is 4.74 Å². The number of benzene rings is 1. The molecule has 6 nitrogen and oxygen atoms in total. The van der Waals surface area contributed by atoms with Crippen LogP contribution < -0.4 is 10.4 Å². The van der Waals surface area contributed by atoms with Gasteiger partial charge in [-0.1, -0.05) is 22.0 Å². The molecule has 0 N–H and O–H groups in total. The minimum atomic E-state index is -0.220. The fraction of sp³-hybridized carbons (Fsp3) is 0.364. The van der Waals surface area contributed by atoms with Gasteiger partial charge >= 0.3 is 5.69 Å². The largest absolute Gasteiger partial charge is 0.496 e. The monoisotopic (exact) mass is 312 g/mol. The van der Waals surface area contributed by atoms with Crippen molar-refractivity contribution in [2.75, 3.05) is 7.11 Å². The highest BCUT2D eigenvalue weighted by Crippen LogP contribution is 2.23. The Morgan fingerprint density at radius 2 is 2.06 bits per heavy atom. The maximum atomic E-state index is 11.8. The average Bonchev–Trinajstić information content (AvgIpc) is 2.72. The third-order valence-corrected chi connectivity index (χ3v) is 3.06. The summed E-state index contributed by atoms with van der Waals surface area (Å²) in [5.41, 5.74) is 0.661. The van der Waals surface area contributed by atoms with Gasteiger partial charge in [-0.2, -0.15) is 9.36 Å². The molecule has 0 spiro atoms. The number of ether oxygens (including phenoxy) is 1. The van der Waals surface area contributed by atoms with E-state index in [0.29, 0.717) is 18.8 Å². The smallest absolute Gasteiger partial charge is 0.363 e. The van der Waals surface area contributed by atoms with Crippen LogP contribution in [0.1, 0.15) is 12.5 Å². The van der Waals surface area contributed by atoms with Gasteiger partial charge in [-0.15, -0.1) is 0 Å². The van der Waals surface area contributed by atoms with Gasteiger partial charge in [-0.25, -0.2) is 4.79 Å². The molecule has 18 heavy (non-hydrogen) atoms. The molecule has 0 aliphatic carbocycles. The number of tetrazole rings is 1. The molecule has 0 saturated carbocycles. The van der Waals surface area contributed by atoms with Gasteiger partial charge in [0.2, 0.25) is 0 Å². The van der Waals surface area contributed by atoms with Crippen LogP contribution in [0.15, 0.2) is 27.5 Å². The lowest BCUT2D eigenvalue weighted by Gasteiger charge is -2.07. The van der Waals surface area contributed by atoms with Crippen molar-refractivity contribution in [3.05, 3.63) is 38.7 Å². The number of aryl methyl sites for hydroxylation is 1. The first-order valence-electron chi connectivity index (χ1n) is 5.48. The highest BCUT2D eigenvalue weighted by atomic mass is 79.9. The number of halogens is 1. The molecule has 2 aromatic rings. The van der Waals surface area contributed by atoms with Crippen LogP contribution in [-0.2, 0) is 13.1 Å². The van der Waals surface area contributed by atoms with Crippen molar-refractivity contribution in [2.45, 2.75) is 20.0 Å². The van der Waals surface area contributed by atoms with Crippen LogP contribution in [0.3, 0.4) is 0 Å². The fourth-order valence-electron chi connectivity index (χ4n) is 1.61. The Morgan fingerprint density at radius 3 is 2.67 bits per heavy atom. The number of hydrogen-bond acceptors (Lipinski definition) is 4. The SMILES string of the molecule is CCn1nnn(Cc2ccc(Br)cc2OC)c1=O. The van der Waals surface area contributed by atoms with Crippen LogP contribution in [0, 0.1) is 0 Å². The molecule has 0 bridgehead atoms. The second-order valence-corrected chi connectivity index (χ2v) is 4.61. The van der Waals surface area contributed by atoms with E-state index in [4.69, 9.17) is 4.74 Å². The summed E-state index contributed by atoms with van der Waals surface area (Å²) in [4.78, 5) is 11.8. The number of nitrogens with zero attached hydrogens (tertiary/aromatic N) is 4. The molecule has 0 fully saturated rings. The lowest BCUT2D eigenvalue weighted by molar-refractivity contribution is 0.406. The minimum Gasteiger partial charge on any atom is -0.496 e. The van der Waals surface area contributed by atoms with E-state index < -0.39 is 0 Å². The molecule has 0 saturated heterocycles. The van der Waals surface area contributed by atoms with E-state index >= 15 is 0 Å². The standard InChI is InChI=1S/C11H13BrN4O2/c1-3-15-11(17)16(14-13-15)7-8-4-5-9(12)6-10(8)18-2/h4-6H,3,7H2,1-2H3. The molecule has 96 valence electrons. The molecule has 1 aromatic carbocycles. The maximum absolute atomic E-state index is 11.8. The van der Waals surface area contributed by atoms with Crippen LogP contribution >= 0.6 is 15.9 Å². The van der Waals surface area contributed by atoms with Crippen LogP contribution in [0.4, 0.5) is 0 Å². The summed E-state index contributed by atoms with van der Waals surface area (Å²) in [6, 6.07) is 5.64. The molecule has 0 atom stereocenters. The van der Waals surface area contributed by atoms with Crippen molar-refractivity contribution in [1.29, 1.82) is 0 Å². The predicted molar refractivity (Wildman–Crippen MR) is 69.8 cm³/mol. The number of hydrogen-bond donors (Lipinski definition) is 0. The van der Waals surface area contributed by atoms with E-state index in [9.17, 15) is 4.79 Å². The number of methoxy groups -OCH3 is 1. The highest BCUT2D eigenvalue weighted by Gasteiger charge is 2.09. The van der Waals surface area contributed by atoms with Crippen LogP contribution in [-0.4, -0.2) is 26.9 Å². The Hall–Kier alpha value is -1.63. The van der Waals surface area contributed by atoms with E-state index in [1.54, 1.807) is 7.11 Å². The zero-order valence-corrected chi connectivity index (χ0v) is 11.7. The zero-order valence-electron chi connectivity index (χ0n) is 10.1. The van der Waals surface area contributed by atoms with Gasteiger partial charge in [0.25, 0.3) is 0 Å². The summed E-state index contributed by atoms with van der Waals surface area (Å²) in [5, 5.41) is 7.60. The second kappa shape index (κ2) is 5.34. The molecule has 7 heteroatoms. The molecular formula is C11H13BrN4O2. The van der Waals surface area contributed by atoms with E-state index in [1.165, 1.54) is 9.36 Å². The summed E-state index contributed by atoms with van der Waals surface area (Å²) in [5.74, 6) is 0.710. The van der Waals surface area contributed by atoms with Crippen molar-refractivity contribution in [2.24, 2.45) is 0 Å². The normalized spacial score (nSPS) is 10.6. The number of rotatable bonds is 4. The van der Waals surface area contributed by atoms with Crippen molar-refractivity contribution < 1.29 is 4.74 Å². The Bertz CT molecular complexity index is 605. The van der Waals surface area contributed by atoms with E-state index in [1.807, 2.05) is 25.1 Å². The fourth-order valence-corrected chi connectivity index (χ4v) is 1.95. The van der Waals surface area contributed by atoms with Crippen LogP contribution in [0.25, 0.3) is 0 Å². The lowest BCUT2D eigenvalue weighted by atomic mass is 10.2. The van der Waals surface area contributed by atoms with E-state index in [2.05, 4.69) is 26.4 Å². The summed E-state index contributed by atoms with van der Waals surface area (Å²) >= 11 is 3.37. The Morgan fingerprint density at radius 1 is 1.33 bits per heavy atom.